The van der Waals surface area contributed by atoms with E-state index in [9.17, 15) is 0 Å². The van der Waals surface area contributed by atoms with E-state index in [-0.39, 0.29) is 6.04 Å². The molecule has 0 amide bonds. The Hall–Kier alpha value is -0.690. The van der Waals surface area contributed by atoms with E-state index in [0.717, 1.165) is 26.7 Å². The summed E-state index contributed by atoms with van der Waals surface area (Å²) in [5.41, 5.74) is 6.19. The van der Waals surface area contributed by atoms with Gasteiger partial charge in [0.2, 0.25) is 0 Å². The van der Waals surface area contributed by atoms with Gasteiger partial charge in [-0.15, -0.1) is 0 Å². The second-order valence-corrected chi connectivity index (χ2v) is 6.01. The van der Waals surface area contributed by atoms with E-state index in [1.807, 2.05) is 4.68 Å². The minimum atomic E-state index is -0.103. The van der Waals surface area contributed by atoms with Crippen LogP contribution in [-0.4, -0.2) is 9.78 Å². The fourth-order valence-electron chi connectivity index (χ4n) is 2.03. The zero-order chi connectivity index (χ0) is 14.0. The first-order chi connectivity index (χ1) is 9.08. The molecule has 1 atom stereocenters. The number of aromatic nitrogens is 2. The van der Waals surface area contributed by atoms with Gasteiger partial charge in [0.1, 0.15) is 0 Å². The van der Waals surface area contributed by atoms with Gasteiger partial charge in [-0.1, -0.05) is 28.1 Å². The lowest BCUT2D eigenvalue weighted by molar-refractivity contribution is 0.541. The van der Waals surface area contributed by atoms with E-state index in [4.69, 9.17) is 5.84 Å². The van der Waals surface area contributed by atoms with E-state index in [1.165, 1.54) is 5.56 Å². The number of halogens is 2. The van der Waals surface area contributed by atoms with Gasteiger partial charge in [0.15, 0.2) is 0 Å². The van der Waals surface area contributed by atoms with Crippen LogP contribution in [0.1, 0.15) is 29.8 Å². The van der Waals surface area contributed by atoms with E-state index < -0.39 is 0 Å². The van der Waals surface area contributed by atoms with Crippen LogP contribution in [0.25, 0.3) is 0 Å². The molecule has 102 valence electrons. The van der Waals surface area contributed by atoms with Crippen molar-refractivity contribution in [3.8, 4) is 0 Å². The highest BCUT2D eigenvalue weighted by Crippen LogP contribution is 2.30. The number of hydrogen-bond donors (Lipinski definition) is 2. The molecule has 0 spiro atoms. The molecule has 1 unspecified atom stereocenters. The first kappa shape index (κ1) is 14.7. The topological polar surface area (TPSA) is 55.9 Å². The summed E-state index contributed by atoms with van der Waals surface area (Å²) < 4.78 is 3.96. The number of nitrogens with zero attached hydrogens (tertiary/aromatic N) is 2. The highest BCUT2D eigenvalue weighted by Gasteiger charge is 2.20. The fraction of sp³-hybridized carbons (Fsp3) is 0.308. The molecule has 0 saturated heterocycles. The predicted octanol–water partition coefficient (Wildman–Crippen LogP) is 3.29. The number of aryl methyl sites for hydroxylation is 2. The molecule has 2 rings (SSSR count). The average molecular weight is 388 g/mol. The van der Waals surface area contributed by atoms with Crippen molar-refractivity contribution in [2.45, 2.75) is 26.4 Å². The first-order valence-electron chi connectivity index (χ1n) is 6.01. The number of hydrogen-bond acceptors (Lipinski definition) is 3. The molecule has 0 bridgehead atoms. The van der Waals surface area contributed by atoms with Crippen molar-refractivity contribution in [3.05, 3.63) is 50.2 Å². The normalized spacial score (nSPS) is 12.7. The van der Waals surface area contributed by atoms with Gasteiger partial charge in [0.05, 0.1) is 22.4 Å². The number of nitrogens with two attached hydrogens (primary N) is 1. The van der Waals surface area contributed by atoms with Gasteiger partial charge in [-0.2, -0.15) is 5.10 Å². The van der Waals surface area contributed by atoms with Crippen LogP contribution in [0.4, 0.5) is 0 Å². The minimum Gasteiger partial charge on any atom is -0.271 e. The van der Waals surface area contributed by atoms with Gasteiger partial charge in [0.25, 0.3) is 0 Å². The maximum absolute atomic E-state index is 5.75. The molecule has 0 radical (unpaired) electrons. The Balaban J connectivity index is 2.49. The molecule has 1 heterocycles. The molecule has 6 heteroatoms. The third-order valence-corrected chi connectivity index (χ3v) is 4.57. The molecule has 0 aliphatic carbocycles. The van der Waals surface area contributed by atoms with Crippen molar-refractivity contribution in [2.75, 3.05) is 0 Å². The Bertz CT molecular complexity index is 580. The lowest BCUT2D eigenvalue weighted by atomic mass is 10.0. The van der Waals surface area contributed by atoms with Crippen molar-refractivity contribution in [2.24, 2.45) is 5.84 Å². The molecule has 19 heavy (non-hydrogen) atoms. The van der Waals surface area contributed by atoms with E-state index in [1.54, 1.807) is 6.20 Å². The van der Waals surface area contributed by atoms with Crippen LogP contribution in [0.3, 0.4) is 0 Å². The summed E-state index contributed by atoms with van der Waals surface area (Å²) in [6, 6.07) is 6.13. The summed E-state index contributed by atoms with van der Waals surface area (Å²) in [4.78, 5) is 0. The molecule has 0 aliphatic heterocycles. The summed E-state index contributed by atoms with van der Waals surface area (Å²) in [5.74, 6) is 5.75. The summed E-state index contributed by atoms with van der Waals surface area (Å²) >= 11 is 7.10. The lowest BCUT2D eigenvalue weighted by Crippen LogP contribution is -2.31. The van der Waals surface area contributed by atoms with E-state index in [0.29, 0.717) is 0 Å². The van der Waals surface area contributed by atoms with Crippen molar-refractivity contribution in [1.82, 2.24) is 15.2 Å². The Morgan fingerprint density at radius 3 is 2.68 bits per heavy atom. The van der Waals surface area contributed by atoms with E-state index >= 15 is 0 Å². The van der Waals surface area contributed by atoms with Crippen molar-refractivity contribution in [3.63, 3.8) is 0 Å². The highest BCUT2D eigenvalue weighted by atomic mass is 79.9. The number of rotatable bonds is 4. The molecule has 0 saturated carbocycles. The number of hydrazine groups is 1. The molecule has 3 N–H and O–H groups in total. The number of benzene rings is 1. The number of nitrogens with one attached hydrogen (secondary N) is 1. The van der Waals surface area contributed by atoms with Crippen molar-refractivity contribution >= 4 is 31.9 Å². The molecule has 0 fully saturated rings. The Morgan fingerprint density at radius 1 is 1.37 bits per heavy atom. The van der Waals surface area contributed by atoms with Crippen LogP contribution in [0.15, 0.2) is 33.3 Å². The molecule has 1 aromatic carbocycles. The summed E-state index contributed by atoms with van der Waals surface area (Å²) in [7, 11) is 0. The highest BCUT2D eigenvalue weighted by molar-refractivity contribution is 9.10. The van der Waals surface area contributed by atoms with Crippen LogP contribution in [-0.2, 0) is 6.54 Å². The molecular weight excluding hydrogens is 372 g/mol. The molecular formula is C13H16Br2N4. The Kier molecular flexibility index (Phi) is 4.78. The summed E-state index contributed by atoms with van der Waals surface area (Å²) in [5, 5.41) is 4.33. The Labute approximate surface area is 129 Å². The van der Waals surface area contributed by atoms with Crippen molar-refractivity contribution in [1.29, 1.82) is 0 Å². The van der Waals surface area contributed by atoms with Gasteiger partial charge >= 0.3 is 0 Å². The third-order valence-electron chi connectivity index (χ3n) is 3.10. The maximum Gasteiger partial charge on any atom is 0.0890 e. The quantitative estimate of drug-likeness (QED) is 0.625. The summed E-state index contributed by atoms with van der Waals surface area (Å²) in [6.45, 7) is 4.92. The first-order valence-corrected chi connectivity index (χ1v) is 7.60. The van der Waals surface area contributed by atoms with Gasteiger partial charge in [0, 0.05) is 11.0 Å². The predicted molar refractivity (Wildman–Crippen MR) is 83.6 cm³/mol. The largest absolute Gasteiger partial charge is 0.271 e. The summed E-state index contributed by atoms with van der Waals surface area (Å²) in [6.07, 6.45) is 1.80. The van der Waals surface area contributed by atoms with Gasteiger partial charge in [-0.3, -0.25) is 10.5 Å². The van der Waals surface area contributed by atoms with Crippen LogP contribution in [0.5, 0.6) is 0 Å². The Morgan fingerprint density at radius 2 is 2.11 bits per heavy atom. The van der Waals surface area contributed by atoms with Gasteiger partial charge < -0.3 is 0 Å². The van der Waals surface area contributed by atoms with Crippen LogP contribution in [0, 0.1) is 6.92 Å². The molecule has 4 nitrogen and oxygen atoms in total. The zero-order valence-corrected chi connectivity index (χ0v) is 14.0. The minimum absolute atomic E-state index is 0.103. The van der Waals surface area contributed by atoms with Gasteiger partial charge in [-0.25, -0.2) is 5.43 Å². The van der Waals surface area contributed by atoms with E-state index in [2.05, 4.69) is 74.4 Å². The SMILES string of the molecule is CCn1ncc(Br)c1C(NN)c1ccc(C)c(Br)c1. The molecule has 2 aromatic rings. The lowest BCUT2D eigenvalue weighted by Gasteiger charge is -2.19. The smallest absolute Gasteiger partial charge is 0.0890 e. The standard InChI is InChI=1S/C13H16Br2N4/c1-3-19-13(11(15)7-17-19)12(18-16)9-5-4-8(2)10(14)6-9/h4-7,12,18H,3,16H2,1-2H3. The second kappa shape index (κ2) is 6.17. The second-order valence-electron chi connectivity index (χ2n) is 4.30. The van der Waals surface area contributed by atoms with Crippen LogP contribution in [0.2, 0.25) is 0 Å². The average Bonchev–Trinajstić information content (AvgIpc) is 2.76. The van der Waals surface area contributed by atoms with Crippen LogP contribution < -0.4 is 11.3 Å². The maximum atomic E-state index is 5.75. The zero-order valence-electron chi connectivity index (χ0n) is 10.8. The van der Waals surface area contributed by atoms with Crippen LogP contribution >= 0.6 is 31.9 Å². The molecule has 1 aromatic heterocycles. The van der Waals surface area contributed by atoms with Gasteiger partial charge in [-0.05, 0) is 47.0 Å². The third kappa shape index (κ3) is 2.91. The monoisotopic (exact) mass is 386 g/mol. The molecule has 0 aliphatic rings. The fourth-order valence-corrected chi connectivity index (χ4v) is 2.95. The van der Waals surface area contributed by atoms with Crippen molar-refractivity contribution < 1.29 is 0 Å².